The molecule has 1 unspecified atom stereocenters. The van der Waals surface area contributed by atoms with Crippen molar-refractivity contribution in [1.29, 1.82) is 0 Å². The topological polar surface area (TPSA) is 47.7 Å². The lowest BCUT2D eigenvalue weighted by Gasteiger charge is -2.09. The summed E-state index contributed by atoms with van der Waals surface area (Å²) in [4.78, 5) is 3.35. The number of hydrogen-bond donors (Lipinski definition) is 0. The quantitative estimate of drug-likeness (QED) is 0.797. The Bertz CT molecular complexity index is 731. The maximum Gasteiger partial charge on any atom is 0.358 e. The zero-order chi connectivity index (χ0) is 15.3. The summed E-state index contributed by atoms with van der Waals surface area (Å²) in [5.41, 5.74) is 0.967. The zero-order valence-corrected chi connectivity index (χ0v) is 12.4. The highest BCUT2D eigenvalue weighted by atomic mass is 32.2. The maximum atomic E-state index is 12.4. The summed E-state index contributed by atoms with van der Waals surface area (Å²) >= 11 is 0. The number of benzene rings is 2. The smallest absolute Gasteiger partial charge is 0.358 e. The first-order valence-electron chi connectivity index (χ1n) is 6.39. The number of nitrogens with zero attached hydrogens (tertiary/aromatic N) is 1. The van der Waals surface area contributed by atoms with E-state index in [2.05, 4.69) is 4.85 Å². The van der Waals surface area contributed by atoms with E-state index in [1.54, 1.807) is 36.4 Å². The number of para-hydroxylation sites is 1. The van der Waals surface area contributed by atoms with Gasteiger partial charge in [0.15, 0.2) is 6.61 Å². The van der Waals surface area contributed by atoms with E-state index >= 15 is 0 Å². The van der Waals surface area contributed by atoms with Gasteiger partial charge in [-0.1, -0.05) is 35.9 Å². The summed E-state index contributed by atoms with van der Waals surface area (Å²) in [6.07, 6.45) is 0. The van der Waals surface area contributed by atoms with E-state index in [4.69, 9.17) is 11.3 Å². The molecule has 0 amide bonds. The minimum Gasteiger partial charge on any atom is -0.484 e. The largest absolute Gasteiger partial charge is 0.484 e. The molecule has 0 aliphatic rings. The van der Waals surface area contributed by atoms with E-state index in [-0.39, 0.29) is 11.5 Å². The van der Waals surface area contributed by atoms with Crippen LogP contribution in [0.25, 0.3) is 4.85 Å². The molecule has 2 aromatic rings. The van der Waals surface area contributed by atoms with Gasteiger partial charge in [0.1, 0.15) is 5.75 Å². The summed E-state index contributed by atoms with van der Waals surface area (Å²) in [5, 5.41) is -1.25. The van der Waals surface area contributed by atoms with Crippen molar-refractivity contribution in [1.82, 2.24) is 0 Å². The van der Waals surface area contributed by atoms with Crippen LogP contribution in [0.4, 0.5) is 0 Å². The van der Waals surface area contributed by atoms with Gasteiger partial charge in [-0.15, -0.1) is 0 Å². The van der Waals surface area contributed by atoms with Crippen LogP contribution in [0.5, 0.6) is 5.75 Å². The fourth-order valence-electron chi connectivity index (χ4n) is 1.77. The molecule has 0 aliphatic heterocycles. The molecule has 2 rings (SSSR count). The molecule has 0 N–H and O–H groups in total. The first-order chi connectivity index (χ1) is 10.0. The monoisotopic (exact) mass is 301 g/mol. The van der Waals surface area contributed by atoms with Crippen LogP contribution >= 0.6 is 0 Å². The molecule has 1 atom stereocenters. The van der Waals surface area contributed by atoms with Crippen LogP contribution < -0.4 is 4.74 Å². The molecule has 0 saturated carbocycles. The van der Waals surface area contributed by atoms with Gasteiger partial charge in [-0.05, 0) is 31.2 Å². The Hall–Kier alpha value is -2.32. The Balaban J connectivity index is 2.17. The van der Waals surface area contributed by atoms with Crippen LogP contribution in [-0.2, 0) is 9.84 Å². The van der Waals surface area contributed by atoms with E-state index in [0.717, 1.165) is 5.56 Å². The third-order valence-electron chi connectivity index (χ3n) is 2.99. The Morgan fingerprint density at radius 2 is 1.71 bits per heavy atom. The number of sulfone groups is 1. The lowest BCUT2D eigenvalue weighted by molar-refractivity contribution is 0.324. The molecule has 0 bridgehead atoms. The first kappa shape index (κ1) is 15.1. The highest BCUT2D eigenvalue weighted by molar-refractivity contribution is 7.92. The molecule has 0 aliphatic carbocycles. The van der Waals surface area contributed by atoms with Crippen LogP contribution in [0.15, 0.2) is 59.5 Å². The summed E-state index contributed by atoms with van der Waals surface area (Å²) in [6, 6.07) is 15.3. The molecule has 108 valence electrons. The third-order valence-corrected chi connectivity index (χ3v) is 4.87. The van der Waals surface area contributed by atoms with Crippen molar-refractivity contribution >= 4 is 9.84 Å². The van der Waals surface area contributed by atoms with Crippen LogP contribution in [0.2, 0.25) is 0 Å². The number of aryl methyl sites for hydroxylation is 1. The zero-order valence-electron chi connectivity index (χ0n) is 11.6. The fraction of sp³-hybridized carbons (Fsp3) is 0.188. The summed E-state index contributed by atoms with van der Waals surface area (Å²) in [7, 11) is -3.72. The normalized spacial score (nSPS) is 12.4. The molecule has 0 spiro atoms. The van der Waals surface area contributed by atoms with E-state index in [1.165, 1.54) is 12.1 Å². The summed E-state index contributed by atoms with van der Waals surface area (Å²) in [6.45, 7) is 8.82. The fourth-order valence-corrected chi connectivity index (χ4v) is 2.98. The lowest BCUT2D eigenvalue weighted by Crippen LogP contribution is -2.25. The van der Waals surface area contributed by atoms with Crippen molar-refractivity contribution in [2.24, 2.45) is 0 Å². The number of ether oxygens (including phenoxy) is 1. The minimum absolute atomic E-state index is 0.144. The Kier molecular flexibility index (Phi) is 4.61. The Labute approximate surface area is 124 Å². The van der Waals surface area contributed by atoms with Gasteiger partial charge in [0.05, 0.1) is 4.90 Å². The molecular weight excluding hydrogens is 286 g/mol. The molecule has 21 heavy (non-hydrogen) atoms. The molecule has 0 radical (unpaired) electrons. The number of hydrogen-bond acceptors (Lipinski definition) is 3. The van der Waals surface area contributed by atoms with Crippen molar-refractivity contribution in [2.75, 3.05) is 6.61 Å². The average Bonchev–Trinajstić information content (AvgIpc) is 2.49. The Morgan fingerprint density at radius 3 is 2.29 bits per heavy atom. The van der Waals surface area contributed by atoms with Crippen molar-refractivity contribution in [3.63, 3.8) is 0 Å². The van der Waals surface area contributed by atoms with Crippen LogP contribution in [0.1, 0.15) is 5.56 Å². The van der Waals surface area contributed by atoms with Gasteiger partial charge in [-0.25, -0.2) is 15.0 Å². The summed E-state index contributed by atoms with van der Waals surface area (Å²) in [5.74, 6) is 0.547. The van der Waals surface area contributed by atoms with Gasteiger partial charge in [0.2, 0.25) is 0 Å². The molecule has 5 heteroatoms. The van der Waals surface area contributed by atoms with Crippen LogP contribution in [0, 0.1) is 13.5 Å². The molecular formula is C16H15NO3S. The molecule has 2 aromatic carbocycles. The lowest BCUT2D eigenvalue weighted by atomic mass is 10.2. The van der Waals surface area contributed by atoms with Crippen molar-refractivity contribution in [3.05, 3.63) is 71.6 Å². The van der Waals surface area contributed by atoms with Crippen LogP contribution in [-0.4, -0.2) is 20.4 Å². The predicted molar refractivity (Wildman–Crippen MR) is 80.7 cm³/mol. The predicted octanol–water partition coefficient (Wildman–Crippen LogP) is 3.09. The molecule has 0 heterocycles. The number of rotatable bonds is 5. The van der Waals surface area contributed by atoms with Gasteiger partial charge >= 0.3 is 5.37 Å². The van der Waals surface area contributed by atoms with Crippen molar-refractivity contribution in [2.45, 2.75) is 17.2 Å². The summed E-state index contributed by atoms with van der Waals surface area (Å²) < 4.78 is 30.2. The maximum absolute atomic E-state index is 12.4. The van der Waals surface area contributed by atoms with Gasteiger partial charge in [-0.2, -0.15) is 0 Å². The van der Waals surface area contributed by atoms with E-state index < -0.39 is 15.2 Å². The molecule has 0 saturated heterocycles. The van der Waals surface area contributed by atoms with Crippen molar-refractivity contribution in [3.8, 4) is 5.75 Å². The molecule has 0 fully saturated rings. The van der Waals surface area contributed by atoms with E-state index in [9.17, 15) is 8.42 Å². The second-order valence-corrected chi connectivity index (χ2v) is 6.67. The second-order valence-electron chi connectivity index (χ2n) is 4.57. The Morgan fingerprint density at radius 1 is 1.10 bits per heavy atom. The molecule has 4 nitrogen and oxygen atoms in total. The SMILES string of the molecule is [C-]#[N+]C(COc1ccccc1)S(=O)(=O)c1ccc(C)cc1. The van der Waals surface area contributed by atoms with Crippen LogP contribution in [0.3, 0.4) is 0 Å². The first-order valence-corrected chi connectivity index (χ1v) is 7.93. The van der Waals surface area contributed by atoms with Gasteiger partial charge in [-0.3, -0.25) is 4.85 Å². The standard InChI is InChI=1S/C16H15NO3S/c1-13-8-10-15(11-9-13)21(18,19)16(17-2)12-20-14-6-4-3-5-7-14/h3-11,16H,12H2,1H3. The van der Waals surface area contributed by atoms with Crippen molar-refractivity contribution < 1.29 is 13.2 Å². The van der Waals surface area contributed by atoms with Gasteiger partial charge in [0.25, 0.3) is 9.84 Å². The average molecular weight is 301 g/mol. The van der Waals surface area contributed by atoms with Gasteiger partial charge < -0.3 is 4.74 Å². The minimum atomic E-state index is -3.72. The highest BCUT2D eigenvalue weighted by Crippen LogP contribution is 2.19. The highest BCUT2D eigenvalue weighted by Gasteiger charge is 2.33. The second kappa shape index (κ2) is 6.42. The van der Waals surface area contributed by atoms with E-state index in [0.29, 0.717) is 5.75 Å². The molecule has 0 aromatic heterocycles. The van der Waals surface area contributed by atoms with E-state index in [1.807, 2.05) is 13.0 Å². The third kappa shape index (κ3) is 3.61. The van der Waals surface area contributed by atoms with Gasteiger partial charge in [0, 0.05) is 0 Å².